The van der Waals surface area contributed by atoms with Gasteiger partial charge in [0.05, 0.1) is 0 Å². The van der Waals surface area contributed by atoms with Gasteiger partial charge in [0.25, 0.3) is 0 Å². The molecule has 0 aromatic rings. The largest absolute Gasteiger partial charge is 0.462 e. The second-order valence-electron chi connectivity index (χ2n) is 24.9. The molecule has 0 fully saturated rings. The Balaban J connectivity index is 4.22. The third-order valence-corrected chi connectivity index (χ3v) is 16.9. The number of rotatable bonds is 68. The fourth-order valence-electron chi connectivity index (χ4n) is 11.5. The average molecular weight is 1100 g/mol. The van der Waals surface area contributed by atoms with Gasteiger partial charge >= 0.3 is 17.9 Å². The zero-order valence-corrected chi connectivity index (χ0v) is 53.5. The molecular weight excluding hydrogens is 961 g/mol. The van der Waals surface area contributed by atoms with Crippen LogP contribution in [0.15, 0.2) is 0 Å². The number of hydrogen-bond donors (Lipinski definition) is 0. The Bertz CT molecular complexity index is 1170. The molecule has 0 rings (SSSR count). The maximum absolute atomic E-state index is 13.0. The van der Waals surface area contributed by atoms with Gasteiger partial charge in [-0.25, -0.2) is 0 Å². The summed E-state index contributed by atoms with van der Waals surface area (Å²) < 4.78 is 17.0. The molecule has 0 aliphatic rings. The van der Waals surface area contributed by atoms with Crippen LogP contribution in [0.3, 0.4) is 0 Å². The fourth-order valence-corrected chi connectivity index (χ4v) is 11.5. The minimum Gasteiger partial charge on any atom is -0.462 e. The van der Waals surface area contributed by atoms with Crippen molar-refractivity contribution in [1.82, 2.24) is 0 Å². The number of ether oxygens (including phenoxy) is 3. The smallest absolute Gasteiger partial charge is 0.306 e. The van der Waals surface area contributed by atoms with Crippen molar-refractivity contribution in [2.45, 2.75) is 431 Å². The summed E-state index contributed by atoms with van der Waals surface area (Å²) in [6.07, 6.45) is 79.9. The van der Waals surface area contributed by atoms with Gasteiger partial charge in [-0.1, -0.05) is 387 Å². The molecule has 0 saturated heterocycles. The van der Waals surface area contributed by atoms with Gasteiger partial charge in [0.2, 0.25) is 0 Å². The maximum atomic E-state index is 13.0. The molecule has 0 amide bonds. The Morgan fingerprint density at radius 1 is 0.205 bits per heavy atom. The topological polar surface area (TPSA) is 78.9 Å². The first kappa shape index (κ1) is 76.4. The van der Waals surface area contributed by atoms with E-state index in [2.05, 4.69) is 20.8 Å². The van der Waals surface area contributed by atoms with Gasteiger partial charge in [-0.2, -0.15) is 0 Å². The molecular formula is C72H140O6. The Morgan fingerprint density at radius 2 is 0.346 bits per heavy atom. The summed E-state index contributed by atoms with van der Waals surface area (Å²) in [5, 5.41) is 0. The highest BCUT2D eigenvalue weighted by Crippen LogP contribution is 2.20. The van der Waals surface area contributed by atoms with Crippen molar-refractivity contribution in [1.29, 1.82) is 0 Å². The number of esters is 3. The highest BCUT2D eigenvalue weighted by Gasteiger charge is 2.20. The molecule has 0 aromatic heterocycles. The first-order valence-corrected chi connectivity index (χ1v) is 36.0. The summed E-state index contributed by atoms with van der Waals surface area (Å²) in [4.78, 5) is 38.5. The Morgan fingerprint density at radius 3 is 0.513 bits per heavy atom. The van der Waals surface area contributed by atoms with Crippen LogP contribution in [0.4, 0.5) is 0 Å². The number of unbranched alkanes of at least 4 members (excludes halogenated alkanes) is 57. The molecule has 0 aliphatic heterocycles. The van der Waals surface area contributed by atoms with E-state index in [1.807, 2.05) is 0 Å². The van der Waals surface area contributed by atoms with E-state index in [-0.39, 0.29) is 31.1 Å². The predicted octanol–water partition coefficient (Wildman–Crippen LogP) is 24.6. The van der Waals surface area contributed by atoms with Crippen molar-refractivity contribution in [3.63, 3.8) is 0 Å². The third kappa shape index (κ3) is 65.2. The molecule has 0 N–H and O–H groups in total. The molecule has 0 saturated carbocycles. The molecule has 0 aliphatic carbocycles. The van der Waals surface area contributed by atoms with Gasteiger partial charge in [0.15, 0.2) is 6.10 Å². The molecule has 1 unspecified atom stereocenters. The van der Waals surface area contributed by atoms with E-state index in [0.29, 0.717) is 19.3 Å². The average Bonchev–Trinajstić information content (AvgIpc) is 3.44. The van der Waals surface area contributed by atoms with Crippen LogP contribution < -0.4 is 0 Å². The van der Waals surface area contributed by atoms with Gasteiger partial charge in [-0.15, -0.1) is 0 Å². The summed E-state index contributed by atoms with van der Waals surface area (Å²) in [7, 11) is 0. The summed E-state index contributed by atoms with van der Waals surface area (Å²) in [5.41, 5.74) is 0. The predicted molar refractivity (Wildman–Crippen MR) is 340 cm³/mol. The Labute approximate surface area is 488 Å². The van der Waals surface area contributed by atoms with Crippen LogP contribution in [0.5, 0.6) is 0 Å². The number of hydrogen-bond acceptors (Lipinski definition) is 6. The molecule has 1 atom stereocenters. The van der Waals surface area contributed by atoms with Crippen molar-refractivity contribution >= 4 is 17.9 Å². The zero-order chi connectivity index (χ0) is 56.4. The van der Waals surface area contributed by atoms with Gasteiger partial charge in [-0.3, -0.25) is 14.4 Å². The van der Waals surface area contributed by atoms with E-state index in [4.69, 9.17) is 14.2 Å². The second-order valence-corrected chi connectivity index (χ2v) is 24.9. The van der Waals surface area contributed by atoms with Crippen molar-refractivity contribution < 1.29 is 28.6 Å². The maximum Gasteiger partial charge on any atom is 0.306 e. The van der Waals surface area contributed by atoms with E-state index in [1.165, 1.54) is 327 Å². The first-order valence-electron chi connectivity index (χ1n) is 36.0. The van der Waals surface area contributed by atoms with Crippen molar-refractivity contribution in [3.05, 3.63) is 0 Å². The lowest BCUT2D eigenvalue weighted by atomic mass is 10.0. The van der Waals surface area contributed by atoms with Gasteiger partial charge in [-0.05, 0) is 19.3 Å². The Kier molecular flexibility index (Phi) is 66.5. The summed E-state index contributed by atoms with van der Waals surface area (Å²) >= 11 is 0. The normalized spacial score (nSPS) is 11.9. The van der Waals surface area contributed by atoms with Crippen molar-refractivity contribution in [2.75, 3.05) is 13.2 Å². The molecule has 0 aromatic carbocycles. The van der Waals surface area contributed by atoms with E-state index in [1.54, 1.807) is 0 Å². The monoisotopic (exact) mass is 1100 g/mol. The van der Waals surface area contributed by atoms with Crippen LogP contribution in [0, 0.1) is 0 Å². The molecule has 0 radical (unpaired) electrons. The zero-order valence-electron chi connectivity index (χ0n) is 53.5. The van der Waals surface area contributed by atoms with Gasteiger partial charge in [0, 0.05) is 19.3 Å². The van der Waals surface area contributed by atoms with E-state index >= 15 is 0 Å². The lowest BCUT2D eigenvalue weighted by Crippen LogP contribution is -2.30. The Hall–Kier alpha value is -1.59. The van der Waals surface area contributed by atoms with Crippen LogP contribution in [0.1, 0.15) is 425 Å². The van der Waals surface area contributed by atoms with E-state index in [0.717, 1.165) is 57.8 Å². The lowest BCUT2D eigenvalue weighted by Gasteiger charge is -2.18. The number of carbonyl (C=O) groups is 3. The minimum atomic E-state index is -0.763. The van der Waals surface area contributed by atoms with Crippen molar-refractivity contribution in [3.8, 4) is 0 Å². The standard InChI is InChI=1S/C72H140O6/c1-4-7-10-13-16-19-22-25-28-30-32-34-35-36-38-39-41-44-47-50-53-56-59-62-65-71(74)77-68-69(67-76-70(73)64-61-58-55-52-49-46-43-27-24-21-18-15-12-9-6-3)78-72(75)66-63-60-57-54-51-48-45-42-40-37-33-31-29-26-23-20-17-14-11-8-5-2/h69H,4-68H2,1-3H3. The van der Waals surface area contributed by atoms with Gasteiger partial charge in [0.1, 0.15) is 13.2 Å². The van der Waals surface area contributed by atoms with E-state index in [9.17, 15) is 14.4 Å². The quantitative estimate of drug-likeness (QED) is 0.0343. The van der Waals surface area contributed by atoms with Gasteiger partial charge < -0.3 is 14.2 Å². The molecule has 6 nitrogen and oxygen atoms in total. The van der Waals surface area contributed by atoms with Crippen LogP contribution in [-0.4, -0.2) is 37.2 Å². The second kappa shape index (κ2) is 67.9. The van der Waals surface area contributed by atoms with Crippen LogP contribution in [0.25, 0.3) is 0 Å². The molecule has 6 heteroatoms. The molecule has 464 valence electrons. The lowest BCUT2D eigenvalue weighted by molar-refractivity contribution is -0.167. The summed E-state index contributed by atoms with van der Waals surface area (Å²) in [6, 6.07) is 0. The SMILES string of the molecule is CCCCCCCCCCCCCCCCCCCCCCCCCCC(=O)OCC(COC(=O)CCCCCCCCCCCCCCCCC)OC(=O)CCCCCCCCCCCCCCCCCCCCCCC. The molecule has 0 spiro atoms. The molecule has 78 heavy (non-hydrogen) atoms. The molecule has 0 heterocycles. The summed E-state index contributed by atoms with van der Waals surface area (Å²) in [5.74, 6) is -0.817. The van der Waals surface area contributed by atoms with Crippen molar-refractivity contribution in [2.24, 2.45) is 0 Å². The fraction of sp³-hybridized carbons (Fsp3) is 0.958. The van der Waals surface area contributed by atoms with Crippen LogP contribution in [-0.2, 0) is 28.6 Å². The first-order chi connectivity index (χ1) is 38.5. The molecule has 0 bridgehead atoms. The van der Waals surface area contributed by atoms with Crippen LogP contribution >= 0.6 is 0 Å². The van der Waals surface area contributed by atoms with Crippen LogP contribution in [0.2, 0.25) is 0 Å². The highest BCUT2D eigenvalue weighted by molar-refractivity contribution is 5.71. The van der Waals surface area contributed by atoms with E-state index < -0.39 is 6.10 Å². The minimum absolute atomic E-state index is 0.0600. The summed E-state index contributed by atoms with van der Waals surface area (Å²) in [6.45, 7) is 6.75. The highest BCUT2D eigenvalue weighted by atomic mass is 16.6. The third-order valence-electron chi connectivity index (χ3n) is 16.9. The number of carbonyl (C=O) groups excluding carboxylic acids is 3.